The molecule has 0 radical (unpaired) electrons. The zero-order valence-electron chi connectivity index (χ0n) is 11.6. The summed E-state index contributed by atoms with van der Waals surface area (Å²) >= 11 is 1.55. The van der Waals surface area contributed by atoms with Gasteiger partial charge in [0, 0.05) is 4.88 Å². The molecule has 1 aromatic heterocycles. The molecule has 110 valence electrons. The van der Waals surface area contributed by atoms with E-state index >= 15 is 0 Å². The molecule has 1 rings (SSSR count). The van der Waals surface area contributed by atoms with Crippen LogP contribution in [0.1, 0.15) is 18.7 Å². The molecule has 0 aromatic carbocycles. The summed E-state index contributed by atoms with van der Waals surface area (Å²) in [4.78, 5) is 24.4. The molecule has 5 nitrogen and oxygen atoms in total. The molecule has 1 N–H and O–H groups in total. The molecule has 0 bridgehead atoms. The summed E-state index contributed by atoms with van der Waals surface area (Å²) < 4.78 is 10.2. The zero-order chi connectivity index (χ0) is 15.0. The van der Waals surface area contributed by atoms with Crippen molar-refractivity contribution in [3.63, 3.8) is 0 Å². The number of ether oxygens (including phenoxy) is 2. The van der Waals surface area contributed by atoms with E-state index in [0.717, 1.165) is 4.88 Å². The van der Waals surface area contributed by atoms with Crippen molar-refractivity contribution in [1.82, 2.24) is 5.32 Å². The van der Waals surface area contributed by atoms with Gasteiger partial charge >= 0.3 is 5.97 Å². The van der Waals surface area contributed by atoms with Crippen molar-refractivity contribution in [2.24, 2.45) is 0 Å². The van der Waals surface area contributed by atoms with Crippen molar-refractivity contribution in [1.29, 1.82) is 0 Å². The van der Waals surface area contributed by atoms with Crippen LogP contribution in [0, 0.1) is 0 Å². The van der Waals surface area contributed by atoms with Crippen LogP contribution in [0.3, 0.4) is 0 Å². The van der Waals surface area contributed by atoms with Gasteiger partial charge in [-0.25, -0.2) is 4.79 Å². The highest BCUT2D eigenvalue weighted by Gasteiger charge is 2.21. The first-order chi connectivity index (χ1) is 9.54. The maximum atomic E-state index is 11.8. The molecule has 1 heterocycles. The van der Waals surface area contributed by atoms with Gasteiger partial charge in [-0.2, -0.15) is 0 Å². The zero-order valence-corrected chi connectivity index (χ0v) is 12.4. The fourth-order valence-corrected chi connectivity index (χ4v) is 1.98. The number of carbonyl (C=O) groups excluding carboxylic acids is 2. The minimum absolute atomic E-state index is 0.259. The van der Waals surface area contributed by atoms with Gasteiger partial charge in [0.1, 0.15) is 0 Å². The van der Waals surface area contributed by atoms with Crippen molar-refractivity contribution in [3.05, 3.63) is 35.0 Å². The molecule has 0 spiro atoms. The van der Waals surface area contributed by atoms with Crippen LogP contribution in [0.15, 0.2) is 30.2 Å². The minimum Gasteiger partial charge on any atom is -0.451 e. The van der Waals surface area contributed by atoms with Gasteiger partial charge in [-0.15, -0.1) is 17.9 Å². The number of rotatable bonds is 8. The monoisotopic (exact) mass is 297 g/mol. The van der Waals surface area contributed by atoms with E-state index < -0.39 is 18.2 Å². The summed E-state index contributed by atoms with van der Waals surface area (Å²) in [5, 5.41) is 4.64. The molecular weight excluding hydrogens is 278 g/mol. The van der Waals surface area contributed by atoms with Gasteiger partial charge < -0.3 is 14.8 Å². The predicted octanol–water partition coefficient (Wildman–Crippen LogP) is 1.89. The summed E-state index contributed by atoms with van der Waals surface area (Å²) in [6, 6.07) is 3.83. The molecular formula is C14H19NO4S. The Morgan fingerprint density at radius 1 is 1.45 bits per heavy atom. The summed E-state index contributed by atoms with van der Waals surface area (Å²) in [6.45, 7) is 7.28. The maximum Gasteiger partial charge on any atom is 0.335 e. The molecule has 2 unspecified atom stereocenters. The van der Waals surface area contributed by atoms with Crippen LogP contribution in [0.5, 0.6) is 0 Å². The number of esters is 1. The number of hydrogen-bond acceptors (Lipinski definition) is 5. The molecule has 0 aliphatic heterocycles. The lowest BCUT2D eigenvalue weighted by molar-refractivity contribution is -0.164. The maximum absolute atomic E-state index is 11.8. The van der Waals surface area contributed by atoms with Crippen LogP contribution < -0.4 is 5.32 Å². The quantitative estimate of drug-likeness (QED) is 0.588. The summed E-state index contributed by atoms with van der Waals surface area (Å²) in [6.07, 6.45) is -0.0289. The molecule has 1 amide bonds. The molecule has 0 fully saturated rings. The van der Waals surface area contributed by atoms with Gasteiger partial charge in [0.2, 0.25) is 0 Å². The molecule has 0 saturated heterocycles. The van der Waals surface area contributed by atoms with Gasteiger partial charge in [-0.3, -0.25) is 4.79 Å². The predicted molar refractivity (Wildman–Crippen MR) is 77.3 cm³/mol. The van der Waals surface area contributed by atoms with Gasteiger partial charge in [0.15, 0.2) is 12.2 Å². The second-order valence-electron chi connectivity index (χ2n) is 4.14. The van der Waals surface area contributed by atoms with E-state index in [9.17, 15) is 9.59 Å². The second-order valence-corrected chi connectivity index (χ2v) is 5.17. The topological polar surface area (TPSA) is 64.6 Å². The largest absolute Gasteiger partial charge is 0.451 e. The van der Waals surface area contributed by atoms with Crippen molar-refractivity contribution >= 4 is 23.2 Å². The Morgan fingerprint density at radius 2 is 2.20 bits per heavy atom. The van der Waals surface area contributed by atoms with Gasteiger partial charge in [-0.1, -0.05) is 12.1 Å². The molecule has 20 heavy (non-hydrogen) atoms. The Balaban J connectivity index is 2.33. The number of nitrogens with one attached hydrogen (secondary N) is 1. The van der Waals surface area contributed by atoms with Crippen molar-refractivity contribution < 1.29 is 19.1 Å². The molecule has 0 saturated carbocycles. The number of carbonyl (C=O) groups is 2. The van der Waals surface area contributed by atoms with Gasteiger partial charge in [-0.05, 0) is 25.3 Å². The molecule has 6 heteroatoms. The Bertz CT molecular complexity index is 444. The number of hydrogen-bond donors (Lipinski definition) is 1. The average Bonchev–Trinajstić information content (AvgIpc) is 2.95. The third kappa shape index (κ3) is 5.54. The first-order valence-corrected chi connectivity index (χ1v) is 7.15. The Hall–Kier alpha value is -1.66. The van der Waals surface area contributed by atoms with Crippen LogP contribution in [-0.2, 0) is 25.6 Å². The van der Waals surface area contributed by atoms with Crippen LogP contribution in [0.2, 0.25) is 0 Å². The second kappa shape index (κ2) is 8.50. The Morgan fingerprint density at radius 3 is 2.80 bits per heavy atom. The van der Waals surface area contributed by atoms with E-state index in [1.54, 1.807) is 24.3 Å². The van der Waals surface area contributed by atoms with Gasteiger partial charge in [0.25, 0.3) is 5.91 Å². The molecule has 0 aliphatic carbocycles. The van der Waals surface area contributed by atoms with Crippen LogP contribution >= 0.6 is 11.3 Å². The number of amides is 1. The summed E-state index contributed by atoms with van der Waals surface area (Å²) in [5.74, 6) is -0.895. The van der Waals surface area contributed by atoms with E-state index in [4.69, 9.17) is 9.47 Å². The van der Waals surface area contributed by atoms with Crippen molar-refractivity contribution in [2.75, 3.05) is 6.61 Å². The van der Waals surface area contributed by atoms with Crippen LogP contribution in [0.4, 0.5) is 0 Å². The summed E-state index contributed by atoms with van der Waals surface area (Å²) in [5.41, 5.74) is 0. The van der Waals surface area contributed by atoms with E-state index in [2.05, 4.69) is 11.9 Å². The SMILES string of the molecule is C=CCOC(C)C(=O)OC(C)C(=O)NCc1cccs1. The highest BCUT2D eigenvalue weighted by molar-refractivity contribution is 7.09. The smallest absolute Gasteiger partial charge is 0.335 e. The summed E-state index contributed by atoms with van der Waals surface area (Å²) in [7, 11) is 0. The third-order valence-corrected chi connectivity index (χ3v) is 3.35. The van der Waals surface area contributed by atoms with Crippen LogP contribution in [0.25, 0.3) is 0 Å². The van der Waals surface area contributed by atoms with Crippen molar-refractivity contribution in [3.8, 4) is 0 Å². The van der Waals surface area contributed by atoms with E-state index in [-0.39, 0.29) is 12.5 Å². The lowest BCUT2D eigenvalue weighted by Crippen LogP contribution is -2.37. The van der Waals surface area contributed by atoms with E-state index in [0.29, 0.717) is 6.54 Å². The number of thiophene rings is 1. The standard InChI is InChI=1S/C14H19NO4S/c1-4-7-18-11(3)14(17)19-10(2)13(16)15-9-12-6-5-8-20-12/h4-6,8,10-11H,1,7,9H2,2-3H3,(H,15,16). The molecule has 0 aliphatic rings. The van der Waals surface area contributed by atoms with Crippen LogP contribution in [-0.4, -0.2) is 30.7 Å². The Labute approximate surface area is 122 Å². The fraction of sp³-hybridized carbons (Fsp3) is 0.429. The third-order valence-electron chi connectivity index (χ3n) is 2.48. The molecule has 2 atom stereocenters. The van der Waals surface area contributed by atoms with E-state index in [1.165, 1.54) is 6.92 Å². The lowest BCUT2D eigenvalue weighted by Gasteiger charge is -2.16. The fourth-order valence-electron chi connectivity index (χ4n) is 1.34. The average molecular weight is 297 g/mol. The Kier molecular flexibility index (Phi) is 6.97. The first-order valence-electron chi connectivity index (χ1n) is 6.27. The van der Waals surface area contributed by atoms with Gasteiger partial charge in [0.05, 0.1) is 13.2 Å². The van der Waals surface area contributed by atoms with E-state index in [1.807, 2.05) is 17.5 Å². The highest BCUT2D eigenvalue weighted by Crippen LogP contribution is 2.07. The van der Waals surface area contributed by atoms with Crippen molar-refractivity contribution in [2.45, 2.75) is 32.6 Å². The normalized spacial score (nSPS) is 13.3. The minimum atomic E-state index is -0.850. The highest BCUT2D eigenvalue weighted by atomic mass is 32.1. The lowest BCUT2D eigenvalue weighted by atomic mass is 10.3. The molecule has 1 aromatic rings. The first kappa shape index (κ1) is 16.4.